The zero-order chi connectivity index (χ0) is 15.2. The molecule has 0 amide bonds. The van der Waals surface area contributed by atoms with E-state index in [-0.39, 0.29) is 5.41 Å². The van der Waals surface area contributed by atoms with Gasteiger partial charge in [0.15, 0.2) is 0 Å². The van der Waals surface area contributed by atoms with E-state index in [0.29, 0.717) is 6.54 Å². The summed E-state index contributed by atoms with van der Waals surface area (Å²) in [7, 11) is 3.35. The van der Waals surface area contributed by atoms with Gasteiger partial charge in [0.25, 0.3) is 0 Å². The summed E-state index contributed by atoms with van der Waals surface area (Å²) in [5, 5.41) is 0. The molecule has 0 radical (unpaired) electrons. The fraction of sp³-hybridized carbons (Fsp3) is 0.625. The van der Waals surface area contributed by atoms with E-state index in [1.165, 1.54) is 5.56 Å². The number of benzene rings is 1. The second-order valence-electron chi connectivity index (χ2n) is 5.89. The third kappa shape index (κ3) is 5.02. The molecule has 0 atom stereocenters. The molecule has 1 rings (SSSR count). The highest BCUT2D eigenvalue weighted by Crippen LogP contribution is 2.24. The maximum absolute atomic E-state index is 5.83. The van der Waals surface area contributed by atoms with Crippen molar-refractivity contribution in [3.63, 3.8) is 0 Å². The molecule has 0 aliphatic rings. The van der Waals surface area contributed by atoms with Crippen molar-refractivity contribution in [1.82, 2.24) is 4.90 Å². The maximum atomic E-state index is 5.83. The highest BCUT2D eigenvalue weighted by Gasteiger charge is 2.19. The molecule has 0 aliphatic heterocycles. The van der Waals surface area contributed by atoms with Crippen molar-refractivity contribution in [3.05, 3.63) is 23.8 Å². The van der Waals surface area contributed by atoms with Crippen LogP contribution >= 0.6 is 0 Å². The molecule has 0 aromatic heterocycles. The Morgan fingerprint density at radius 3 is 2.05 bits per heavy atom. The minimum absolute atomic E-state index is 0.124. The van der Waals surface area contributed by atoms with E-state index in [1.807, 2.05) is 6.07 Å². The van der Waals surface area contributed by atoms with Crippen LogP contribution in [0.1, 0.15) is 26.3 Å². The lowest BCUT2D eigenvalue weighted by molar-refractivity contribution is 0.183. The average molecular weight is 280 g/mol. The van der Waals surface area contributed by atoms with E-state index < -0.39 is 0 Å². The van der Waals surface area contributed by atoms with Crippen molar-refractivity contribution in [2.45, 2.75) is 27.3 Å². The van der Waals surface area contributed by atoms with Gasteiger partial charge >= 0.3 is 0 Å². The van der Waals surface area contributed by atoms with Gasteiger partial charge in [-0.25, -0.2) is 0 Å². The van der Waals surface area contributed by atoms with Crippen LogP contribution in [0.15, 0.2) is 18.2 Å². The topological polar surface area (TPSA) is 47.7 Å². The molecule has 0 unspecified atom stereocenters. The summed E-state index contributed by atoms with van der Waals surface area (Å²) in [6.07, 6.45) is 0. The van der Waals surface area contributed by atoms with Crippen LogP contribution in [0.25, 0.3) is 0 Å². The predicted molar refractivity (Wildman–Crippen MR) is 83.3 cm³/mol. The Morgan fingerprint density at radius 1 is 1.10 bits per heavy atom. The lowest BCUT2D eigenvalue weighted by atomic mass is 9.93. The summed E-state index contributed by atoms with van der Waals surface area (Å²) >= 11 is 0. The Balaban J connectivity index is 2.84. The SMILES string of the molecule is CCN(Cc1cc(OC)cc(OC)c1)CC(C)(C)CN. The molecule has 114 valence electrons. The third-order valence-corrected chi connectivity index (χ3v) is 3.47. The summed E-state index contributed by atoms with van der Waals surface area (Å²) in [5.41, 5.74) is 7.14. The van der Waals surface area contributed by atoms with Crippen LogP contribution in [0.5, 0.6) is 11.5 Å². The molecule has 0 fully saturated rings. The van der Waals surface area contributed by atoms with E-state index in [0.717, 1.165) is 31.1 Å². The summed E-state index contributed by atoms with van der Waals surface area (Å²) < 4.78 is 10.6. The number of methoxy groups -OCH3 is 2. The molecular weight excluding hydrogens is 252 g/mol. The van der Waals surface area contributed by atoms with Gasteiger partial charge in [-0.15, -0.1) is 0 Å². The number of hydrogen-bond acceptors (Lipinski definition) is 4. The molecule has 0 bridgehead atoms. The second-order valence-corrected chi connectivity index (χ2v) is 5.89. The number of hydrogen-bond donors (Lipinski definition) is 1. The molecule has 20 heavy (non-hydrogen) atoms. The highest BCUT2D eigenvalue weighted by atomic mass is 16.5. The van der Waals surface area contributed by atoms with Gasteiger partial charge in [-0.2, -0.15) is 0 Å². The van der Waals surface area contributed by atoms with Gasteiger partial charge in [-0.3, -0.25) is 4.90 Å². The van der Waals surface area contributed by atoms with Crippen LogP contribution in [0.2, 0.25) is 0 Å². The summed E-state index contributed by atoms with van der Waals surface area (Å²) in [6, 6.07) is 6.00. The van der Waals surface area contributed by atoms with Crippen LogP contribution < -0.4 is 15.2 Å². The third-order valence-electron chi connectivity index (χ3n) is 3.47. The highest BCUT2D eigenvalue weighted by molar-refractivity contribution is 5.38. The first-order valence-corrected chi connectivity index (χ1v) is 7.08. The monoisotopic (exact) mass is 280 g/mol. The summed E-state index contributed by atoms with van der Waals surface area (Å²) in [6.45, 7) is 10.1. The first kappa shape index (κ1) is 16.8. The van der Waals surface area contributed by atoms with E-state index in [2.05, 4.69) is 37.8 Å². The Morgan fingerprint density at radius 2 is 1.65 bits per heavy atom. The quantitative estimate of drug-likeness (QED) is 0.795. The van der Waals surface area contributed by atoms with Crippen molar-refractivity contribution < 1.29 is 9.47 Å². The Bertz CT molecular complexity index is 397. The average Bonchev–Trinajstić information content (AvgIpc) is 2.45. The van der Waals surface area contributed by atoms with Crippen LogP contribution in [-0.2, 0) is 6.54 Å². The standard InChI is InChI=1S/C16H28N2O2/c1-6-18(12-16(2,3)11-17)10-13-7-14(19-4)9-15(8-13)20-5/h7-9H,6,10-12,17H2,1-5H3. The lowest BCUT2D eigenvalue weighted by Gasteiger charge is -2.31. The molecule has 4 nitrogen and oxygen atoms in total. The van der Waals surface area contributed by atoms with Crippen molar-refractivity contribution in [2.75, 3.05) is 33.9 Å². The largest absolute Gasteiger partial charge is 0.497 e. The zero-order valence-corrected chi connectivity index (χ0v) is 13.4. The zero-order valence-electron chi connectivity index (χ0n) is 13.4. The normalized spacial score (nSPS) is 11.8. The smallest absolute Gasteiger partial charge is 0.122 e. The number of ether oxygens (including phenoxy) is 2. The van der Waals surface area contributed by atoms with Gasteiger partial charge in [0.1, 0.15) is 11.5 Å². The Hall–Kier alpha value is -1.26. The number of nitrogens with zero attached hydrogens (tertiary/aromatic N) is 1. The van der Waals surface area contributed by atoms with Crippen molar-refractivity contribution in [1.29, 1.82) is 0 Å². The predicted octanol–water partition coefficient (Wildman–Crippen LogP) is 2.51. The molecule has 0 saturated carbocycles. The minimum Gasteiger partial charge on any atom is -0.497 e. The van der Waals surface area contributed by atoms with Crippen molar-refractivity contribution in [2.24, 2.45) is 11.1 Å². The van der Waals surface area contributed by atoms with E-state index >= 15 is 0 Å². The van der Waals surface area contributed by atoms with E-state index in [4.69, 9.17) is 15.2 Å². The van der Waals surface area contributed by atoms with Gasteiger partial charge in [0.2, 0.25) is 0 Å². The molecule has 0 spiro atoms. The van der Waals surface area contributed by atoms with Crippen LogP contribution in [-0.4, -0.2) is 38.8 Å². The van der Waals surface area contributed by atoms with Crippen LogP contribution in [0.3, 0.4) is 0 Å². The molecule has 2 N–H and O–H groups in total. The van der Waals surface area contributed by atoms with Gasteiger partial charge in [-0.05, 0) is 36.2 Å². The van der Waals surface area contributed by atoms with Crippen LogP contribution in [0.4, 0.5) is 0 Å². The molecule has 0 heterocycles. The molecule has 0 saturated heterocycles. The summed E-state index contributed by atoms with van der Waals surface area (Å²) in [5.74, 6) is 1.65. The fourth-order valence-electron chi connectivity index (χ4n) is 2.17. The van der Waals surface area contributed by atoms with Gasteiger partial charge in [0.05, 0.1) is 14.2 Å². The molecule has 1 aromatic carbocycles. The number of rotatable bonds is 8. The van der Waals surface area contributed by atoms with E-state index in [1.54, 1.807) is 14.2 Å². The summed E-state index contributed by atoms with van der Waals surface area (Å²) in [4.78, 5) is 2.39. The van der Waals surface area contributed by atoms with Crippen LogP contribution in [0, 0.1) is 5.41 Å². The number of nitrogens with two attached hydrogens (primary N) is 1. The molecule has 0 aliphatic carbocycles. The Kier molecular flexibility index (Phi) is 6.30. The minimum atomic E-state index is 0.124. The Labute approximate surface area is 122 Å². The lowest BCUT2D eigenvalue weighted by Crippen LogP contribution is -2.38. The molecule has 4 heteroatoms. The van der Waals surface area contributed by atoms with Crippen molar-refractivity contribution >= 4 is 0 Å². The van der Waals surface area contributed by atoms with E-state index in [9.17, 15) is 0 Å². The second kappa shape index (κ2) is 7.50. The molecule has 1 aromatic rings. The first-order chi connectivity index (χ1) is 9.43. The fourth-order valence-corrected chi connectivity index (χ4v) is 2.17. The van der Waals surface area contributed by atoms with Gasteiger partial charge < -0.3 is 15.2 Å². The van der Waals surface area contributed by atoms with Gasteiger partial charge in [-0.1, -0.05) is 20.8 Å². The first-order valence-electron chi connectivity index (χ1n) is 7.08. The van der Waals surface area contributed by atoms with Gasteiger partial charge in [0, 0.05) is 19.2 Å². The van der Waals surface area contributed by atoms with Crippen molar-refractivity contribution in [3.8, 4) is 11.5 Å². The maximum Gasteiger partial charge on any atom is 0.122 e. The molecular formula is C16H28N2O2.